The third kappa shape index (κ3) is 2.57. The van der Waals surface area contributed by atoms with Crippen LogP contribution in [0, 0.1) is 5.82 Å². The van der Waals surface area contributed by atoms with Gasteiger partial charge in [0.25, 0.3) is 0 Å². The second kappa shape index (κ2) is 5.12. The number of nitrogens with two attached hydrogens (primary N) is 1. The van der Waals surface area contributed by atoms with Crippen molar-refractivity contribution in [3.8, 4) is 0 Å². The van der Waals surface area contributed by atoms with Gasteiger partial charge < -0.3 is 10.8 Å². The van der Waals surface area contributed by atoms with Gasteiger partial charge in [-0.3, -0.25) is 9.69 Å². The summed E-state index contributed by atoms with van der Waals surface area (Å²) in [4.78, 5) is 12.8. The van der Waals surface area contributed by atoms with E-state index in [4.69, 9.17) is 22.4 Å². The van der Waals surface area contributed by atoms with Crippen molar-refractivity contribution in [2.45, 2.75) is 25.4 Å². The minimum absolute atomic E-state index is 0.0209. The molecule has 0 radical (unpaired) electrons. The van der Waals surface area contributed by atoms with Crippen LogP contribution in [0.3, 0.4) is 0 Å². The molecule has 0 bridgehead atoms. The average molecular weight is 273 g/mol. The summed E-state index contributed by atoms with van der Waals surface area (Å²) in [7, 11) is 0. The van der Waals surface area contributed by atoms with Crippen LogP contribution in [0.1, 0.15) is 18.4 Å². The van der Waals surface area contributed by atoms with Crippen LogP contribution < -0.4 is 5.73 Å². The molecule has 0 unspecified atom stereocenters. The van der Waals surface area contributed by atoms with Gasteiger partial charge in [-0.25, -0.2) is 4.39 Å². The molecule has 1 atom stereocenters. The fraction of sp³-hybridized carbons (Fsp3) is 0.417. The molecule has 3 N–H and O–H groups in total. The second-order valence-electron chi connectivity index (χ2n) is 4.43. The Morgan fingerprint density at radius 2 is 2.33 bits per heavy atom. The molecule has 1 saturated heterocycles. The van der Waals surface area contributed by atoms with Crippen LogP contribution in [0.2, 0.25) is 5.02 Å². The average Bonchev–Trinajstić information content (AvgIpc) is 2.74. The molecule has 0 saturated carbocycles. The molecular formula is C12H14ClFN2O2. The van der Waals surface area contributed by atoms with Gasteiger partial charge in [-0.05, 0) is 37.1 Å². The number of hydrogen-bond donors (Lipinski definition) is 2. The quantitative estimate of drug-likeness (QED) is 0.827. The maximum atomic E-state index is 13.4. The number of benzene rings is 1. The van der Waals surface area contributed by atoms with Crippen LogP contribution in [-0.2, 0) is 11.3 Å². The van der Waals surface area contributed by atoms with Crippen LogP contribution in [0.25, 0.3) is 0 Å². The van der Waals surface area contributed by atoms with E-state index in [9.17, 15) is 9.18 Å². The number of nitrogen functional groups attached to an aromatic ring is 1. The Morgan fingerprint density at radius 1 is 1.61 bits per heavy atom. The van der Waals surface area contributed by atoms with Gasteiger partial charge in [0.2, 0.25) is 0 Å². The van der Waals surface area contributed by atoms with E-state index in [1.807, 2.05) is 0 Å². The summed E-state index contributed by atoms with van der Waals surface area (Å²) >= 11 is 5.62. The fourth-order valence-corrected chi connectivity index (χ4v) is 2.43. The summed E-state index contributed by atoms with van der Waals surface area (Å²) in [5.74, 6) is -1.38. The summed E-state index contributed by atoms with van der Waals surface area (Å²) in [5.41, 5.74) is 6.73. The molecule has 1 heterocycles. The zero-order chi connectivity index (χ0) is 13.3. The molecule has 6 heteroatoms. The Labute approximate surface area is 109 Å². The minimum atomic E-state index is -0.847. The minimum Gasteiger partial charge on any atom is -0.480 e. The van der Waals surface area contributed by atoms with Crippen molar-refractivity contribution in [3.63, 3.8) is 0 Å². The van der Waals surface area contributed by atoms with Crippen molar-refractivity contribution >= 4 is 23.3 Å². The predicted octanol–water partition coefficient (Wildman–Crippen LogP) is 2.11. The van der Waals surface area contributed by atoms with Crippen LogP contribution in [0.4, 0.5) is 10.1 Å². The van der Waals surface area contributed by atoms with E-state index in [0.29, 0.717) is 30.8 Å². The van der Waals surface area contributed by atoms with E-state index in [1.165, 1.54) is 12.1 Å². The Morgan fingerprint density at radius 3 is 3.00 bits per heavy atom. The van der Waals surface area contributed by atoms with E-state index < -0.39 is 17.8 Å². The van der Waals surface area contributed by atoms with E-state index in [-0.39, 0.29) is 5.02 Å². The molecule has 1 aliphatic rings. The molecule has 0 aliphatic carbocycles. The van der Waals surface area contributed by atoms with Gasteiger partial charge in [-0.15, -0.1) is 0 Å². The lowest BCUT2D eigenvalue weighted by atomic mass is 10.1. The Bertz CT molecular complexity index is 481. The number of carboxylic acids is 1. The third-order valence-corrected chi connectivity index (χ3v) is 3.49. The number of rotatable bonds is 3. The summed E-state index contributed by atoms with van der Waals surface area (Å²) in [5, 5.41) is 9.04. The molecule has 4 nitrogen and oxygen atoms in total. The molecule has 2 rings (SSSR count). The lowest BCUT2D eigenvalue weighted by Crippen LogP contribution is -2.35. The van der Waals surface area contributed by atoms with Crippen LogP contribution in [0.15, 0.2) is 12.1 Å². The number of carboxylic acid groups (broad SMARTS) is 1. The van der Waals surface area contributed by atoms with Gasteiger partial charge in [-0.2, -0.15) is 0 Å². The molecular weight excluding hydrogens is 259 g/mol. The molecule has 98 valence electrons. The van der Waals surface area contributed by atoms with Crippen molar-refractivity contribution in [1.29, 1.82) is 0 Å². The normalized spacial score (nSPS) is 20.2. The van der Waals surface area contributed by atoms with Crippen LogP contribution >= 0.6 is 11.6 Å². The lowest BCUT2D eigenvalue weighted by Gasteiger charge is -2.21. The highest BCUT2D eigenvalue weighted by Gasteiger charge is 2.30. The van der Waals surface area contributed by atoms with Crippen molar-refractivity contribution in [2.75, 3.05) is 12.3 Å². The standard InChI is InChI=1S/C12H14ClFN2O2/c13-8-5-10(15)7(4-9(8)14)6-16-3-1-2-11(16)12(17)18/h4-5,11H,1-3,6,15H2,(H,17,18)/t11-/m0/s1. The fourth-order valence-electron chi connectivity index (χ4n) is 2.25. The molecule has 18 heavy (non-hydrogen) atoms. The number of nitrogens with zero attached hydrogens (tertiary/aromatic N) is 1. The Balaban J connectivity index is 2.19. The topological polar surface area (TPSA) is 66.6 Å². The molecule has 1 aromatic carbocycles. The Hall–Kier alpha value is -1.33. The van der Waals surface area contributed by atoms with Crippen molar-refractivity contribution < 1.29 is 14.3 Å². The first-order valence-corrected chi connectivity index (χ1v) is 6.07. The first kappa shape index (κ1) is 13.1. The van der Waals surface area contributed by atoms with Crippen LogP contribution in [0.5, 0.6) is 0 Å². The highest BCUT2D eigenvalue weighted by molar-refractivity contribution is 6.31. The predicted molar refractivity (Wildman–Crippen MR) is 66.9 cm³/mol. The van der Waals surface area contributed by atoms with E-state index in [0.717, 1.165) is 6.42 Å². The number of hydrogen-bond acceptors (Lipinski definition) is 3. The van der Waals surface area contributed by atoms with Gasteiger partial charge in [0.1, 0.15) is 11.9 Å². The lowest BCUT2D eigenvalue weighted by molar-refractivity contribution is -0.142. The summed E-state index contributed by atoms with van der Waals surface area (Å²) < 4.78 is 13.4. The third-order valence-electron chi connectivity index (χ3n) is 3.20. The van der Waals surface area contributed by atoms with Gasteiger partial charge in [0.15, 0.2) is 0 Å². The number of halogens is 2. The maximum absolute atomic E-state index is 13.4. The second-order valence-corrected chi connectivity index (χ2v) is 4.84. The summed E-state index contributed by atoms with van der Waals surface area (Å²) in [6, 6.07) is 2.12. The molecule has 0 spiro atoms. The van der Waals surface area contributed by atoms with Crippen LogP contribution in [-0.4, -0.2) is 28.6 Å². The van der Waals surface area contributed by atoms with Gasteiger partial charge in [0.05, 0.1) is 5.02 Å². The smallest absolute Gasteiger partial charge is 0.320 e. The zero-order valence-corrected chi connectivity index (χ0v) is 10.5. The number of carbonyl (C=O) groups is 1. The molecule has 1 aliphatic heterocycles. The van der Waals surface area contributed by atoms with Gasteiger partial charge >= 0.3 is 5.97 Å². The molecule has 1 fully saturated rings. The zero-order valence-electron chi connectivity index (χ0n) is 9.70. The van der Waals surface area contributed by atoms with E-state index in [1.54, 1.807) is 4.90 Å². The van der Waals surface area contributed by atoms with Crippen molar-refractivity contribution in [2.24, 2.45) is 0 Å². The molecule has 0 amide bonds. The molecule has 1 aromatic rings. The SMILES string of the molecule is Nc1cc(Cl)c(F)cc1CN1CCC[C@H]1C(=O)O. The van der Waals surface area contributed by atoms with Gasteiger partial charge in [-0.1, -0.05) is 11.6 Å². The van der Waals surface area contributed by atoms with Gasteiger partial charge in [0, 0.05) is 12.2 Å². The highest BCUT2D eigenvalue weighted by Crippen LogP contribution is 2.26. The van der Waals surface area contributed by atoms with E-state index in [2.05, 4.69) is 0 Å². The number of anilines is 1. The highest BCUT2D eigenvalue weighted by atomic mass is 35.5. The summed E-state index contributed by atoms with van der Waals surface area (Å²) in [6.45, 7) is 1.01. The van der Waals surface area contributed by atoms with Crippen molar-refractivity contribution in [1.82, 2.24) is 4.90 Å². The number of likely N-dealkylation sites (tertiary alicyclic amines) is 1. The maximum Gasteiger partial charge on any atom is 0.320 e. The van der Waals surface area contributed by atoms with Crippen molar-refractivity contribution in [3.05, 3.63) is 28.5 Å². The summed E-state index contributed by atoms with van der Waals surface area (Å²) in [6.07, 6.45) is 1.44. The number of aliphatic carboxylic acids is 1. The molecule has 0 aromatic heterocycles. The Kier molecular flexibility index (Phi) is 3.73. The first-order valence-electron chi connectivity index (χ1n) is 5.69. The monoisotopic (exact) mass is 272 g/mol. The van der Waals surface area contributed by atoms with E-state index >= 15 is 0 Å². The first-order chi connectivity index (χ1) is 8.49. The largest absolute Gasteiger partial charge is 0.480 e.